The average molecular weight is 534 g/mol. The Bertz CT molecular complexity index is 1230. The van der Waals surface area contributed by atoms with E-state index in [1.165, 1.54) is 13.2 Å². The van der Waals surface area contributed by atoms with Gasteiger partial charge in [-0.25, -0.2) is 14.5 Å². The van der Waals surface area contributed by atoms with Gasteiger partial charge < -0.3 is 14.2 Å². The van der Waals surface area contributed by atoms with Crippen LogP contribution >= 0.6 is 23.2 Å². The molecule has 0 spiro atoms. The van der Waals surface area contributed by atoms with Crippen LogP contribution in [0.25, 0.3) is 11.6 Å². The molecule has 0 saturated carbocycles. The maximum absolute atomic E-state index is 13.5. The molecule has 1 aliphatic rings. The number of carbonyl (C=O) groups is 3. The van der Waals surface area contributed by atoms with E-state index >= 15 is 0 Å². The summed E-state index contributed by atoms with van der Waals surface area (Å²) in [6, 6.07) is 9.70. The molecule has 1 aliphatic heterocycles. The molecule has 0 bridgehead atoms. The highest BCUT2D eigenvalue weighted by Gasteiger charge is 2.41. The van der Waals surface area contributed by atoms with Crippen molar-refractivity contribution < 1.29 is 28.6 Å². The number of halogens is 2. The van der Waals surface area contributed by atoms with Gasteiger partial charge in [0.25, 0.3) is 5.91 Å². The molecule has 0 aliphatic carbocycles. The summed E-state index contributed by atoms with van der Waals surface area (Å²) >= 11 is 12.5. The van der Waals surface area contributed by atoms with Crippen molar-refractivity contribution in [1.29, 1.82) is 0 Å². The Hall–Kier alpha value is -3.03. The minimum absolute atomic E-state index is 0.219. The SMILES string of the molecule is CCC(CC)(Oc1ccc(Cl)cc1C=C1C(=O)N(C(=O)OC(C)(C)C)c2cc(Cl)ccc21)C(=O)OC. The van der Waals surface area contributed by atoms with E-state index in [1.54, 1.807) is 57.2 Å². The molecule has 9 heteroatoms. The van der Waals surface area contributed by atoms with Gasteiger partial charge in [0.05, 0.1) is 18.4 Å². The lowest BCUT2D eigenvalue weighted by Gasteiger charge is -2.30. The van der Waals surface area contributed by atoms with Crippen LogP contribution < -0.4 is 9.64 Å². The lowest BCUT2D eigenvalue weighted by Crippen LogP contribution is -2.44. The van der Waals surface area contributed by atoms with Gasteiger partial charge in [-0.1, -0.05) is 43.1 Å². The average Bonchev–Trinajstić information content (AvgIpc) is 3.07. The first-order valence-electron chi connectivity index (χ1n) is 11.5. The molecule has 0 unspecified atom stereocenters. The van der Waals surface area contributed by atoms with Crippen LogP contribution in [0.4, 0.5) is 10.5 Å². The first-order valence-corrected chi connectivity index (χ1v) is 12.3. The zero-order valence-corrected chi connectivity index (χ0v) is 22.6. The van der Waals surface area contributed by atoms with E-state index in [-0.39, 0.29) is 5.57 Å². The fourth-order valence-corrected chi connectivity index (χ4v) is 4.24. The van der Waals surface area contributed by atoms with Gasteiger partial charge in [-0.15, -0.1) is 0 Å². The molecule has 2 aromatic rings. The monoisotopic (exact) mass is 533 g/mol. The Morgan fingerprint density at radius 3 is 2.19 bits per heavy atom. The molecule has 192 valence electrons. The second-order valence-electron chi connectivity index (χ2n) is 9.32. The third-order valence-electron chi connectivity index (χ3n) is 5.78. The number of anilines is 1. The van der Waals surface area contributed by atoms with Crippen LogP contribution in [0.5, 0.6) is 5.75 Å². The topological polar surface area (TPSA) is 82.1 Å². The molecular weight excluding hydrogens is 505 g/mol. The number of nitrogens with zero attached hydrogens (tertiary/aromatic N) is 1. The number of hydrogen-bond donors (Lipinski definition) is 0. The van der Waals surface area contributed by atoms with Crippen LogP contribution in [0.3, 0.4) is 0 Å². The summed E-state index contributed by atoms with van der Waals surface area (Å²) in [5.41, 5.74) is -0.559. The summed E-state index contributed by atoms with van der Waals surface area (Å²) in [5.74, 6) is -0.758. The fraction of sp³-hybridized carbons (Fsp3) is 0.370. The lowest BCUT2D eigenvalue weighted by molar-refractivity contribution is -0.159. The largest absolute Gasteiger partial charge is 0.475 e. The summed E-state index contributed by atoms with van der Waals surface area (Å²) in [6.07, 6.45) is 1.49. The predicted octanol–water partition coefficient (Wildman–Crippen LogP) is 6.93. The molecule has 0 atom stereocenters. The molecule has 0 radical (unpaired) electrons. The van der Waals surface area contributed by atoms with E-state index in [1.807, 2.05) is 13.8 Å². The smallest absolute Gasteiger partial charge is 0.422 e. The molecule has 1 heterocycles. The quantitative estimate of drug-likeness (QED) is 0.295. The van der Waals surface area contributed by atoms with E-state index in [0.29, 0.717) is 45.5 Å². The van der Waals surface area contributed by atoms with Crippen molar-refractivity contribution in [1.82, 2.24) is 0 Å². The molecule has 7 nitrogen and oxygen atoms in total. The normalized spacial score (nSPS) is 14.6. The highest BCUT2D eigenvalue weighted by molar-refractivity contribution is 6.42. The summed E-state index contributed by atoms with van der Waals surface area (Å²) in [4.78, 5) is 40.0. The number of carbonyl (C=O) groups excluding carboxylic acids is 3. The number of methoxy groups -OCH3 is 1. The standard InChI is InChI=1S/C27H29Cl2NO6/c1-7-27(8-2,24(32)34-6)35-22-12-10-17(28)13-16(22)14-20-19-11-9-18(29)15-21(19)30(23(20)31)25(33)36-26(3,4)5/h9-15H,7-8H2,1-6H3. The summed E-state index contributed by atoms with van der Waals surface area (Å²) in [7, 11) is 1.31. The highest BCUT2D eigenvalue weighted by Crippen LogP contribution is 2.42. The van der Waals surface area contributed by atoms with Crippen molar-refractivity contribution in [3.05, 3.63) is 57.6 Å². The first kappa shape index (κ1) is 27.6. The molecule has 2 aromatic carbocycles. The molecule has 0 saturated heterocycles. The maximum Gasteiger partial charge on any atom is 0.422 e. The van der Waals surface area contributed by atoms with Crippen LogP contribution in [0.1, 0.15) is 58.6 Å². The molecular formula is C27H29Cl2NO6. The Labute approximate surface area is 220 Å². The van der Waals surface area contributed by atoms with Crippen LogP contribution in [0.15, 0.2) is 36.4 Å². The summed E-state index contributed by atoms with van der Waals surface area (Å²) < 4.78 is 16.7. The number of rotatable bonds is 6. The zero-order valence-electron chi connectivity index (χ0n) is 21.1. The van der Waals surface area contributed by atoms with Crippen molar-refractivity contribution >= 4 is 58.5 Å². The molecule has 36 heavy (non-hydrogen) atoms. The number of ether oxygens (including phenoxy) is 3. The van der Waals surface area contributed by atoms with Gasteiger partial charge in [-0.2, -0.15) is 0 Å². The van der Waals surface area contributed by atoms with Gasteiger partial charge in [0, 0.05) is 21.2 Å². The predicted molar refractivity (Wildman–Crippen MR) is 140 cm³/mol. The Kier molecular flexibility index (Phi) is 8.06. The van der Waals surface area contributed by atoms with Crippen molar-refractivity contribution in [2.75, 3.05) is 12.0 Å². The van der Waals surface area contributed by atoms with Gasteiger partial charge in [0.15, 0.2) is 0 Å². The van der Waals surface area contributed by atoms with Gasteiger partial charge in [-0.3, -0.25) is 4.79 Å². The van der Waals surface area contributed by atoms with E-state index in [2.05, 4.69) is 0 Å². The second kappa shape index (κ2) is 10.5. The van der Waals surface area contributed by atoms with Gasteiger partial charge in [-0.05, 0) is 70.0 Å². The first-order chi connectivity index (χ1) is 16.9. The molecule has 0 aromatic heterocycles. The van der Waals surface area contributed by atoms with E-state index in [0.717, 1.165) is 4.90 Å². The van der Waals surface area contributed by atoms with Crippen LogP contribution in [0.2, 0.25) is 10.0 Å². The third kappa shape index (κ3) is 5.52. The van der Waals surface area contributed by atoms with E-state index < -0.39 is 29.2 Å². The van der Waals surface area contributed by atoms with Gasteiger partial charge in [0.1, 0.15) is 11.4 Å². The Balaban J connectivity index is 2.14. The molecule has 0 N–H and O–H groups in total. The molecule has 0 fully saturated rings. The zero-order chi connectivity index (χ0) is 26.8. The second-order valence-corrected chi connectivity index (χ2v) is 10.2. The minimum atomic E-state index is -1.22. The Morgan fingerprint density at radius 2 is 1.61 bits per heavy atom. The third-order valence-corrected chi connectivity index (χ3v) is 6.25. The number of imide groups is 1. The van der Waals surface area contributed by atoms with Crippen LogP contribution in [0, 0.1) is 0 Å². The maximum atomic E-state index is 13.5. The van der Waals surface area contributed by atoms with Crippen LogP contribution in [-0.2, 0) is 19.1 Å². The Morgan fingerprint density at radius 1 is 1.00 bits per heavy atom. The summed E-state index contributed by atoms with van der Waals surface area (Å²) in [6.45, 7) is 8.80. The lowest BCUT2D eigenvalue weighted by atomic mass is 9.96. The van der Waals surface area contributed by atoms with Crippen LogP contribution in [-0.4, -0.2) is 36.3 Å². The highest BCUT2D eigenvalue weighted by atomic mass is 35.5. The minimum Gasteiger partial charge on any atom is -0.475 e. The number of amides is 2. The number of fused-ring (bicyclic) bond motifs is 1. The van der Waals surface area contributed by atoms with Crippen molar-refractivity contribution in [3.63, 3.8) is 0 Å². The molecule has 3 rings (SSSR count). The molecule has 2 amide bonds. The van der Waals surface area contributed by atoms with Crippen molar-refractivity contribution in [2.24, 2.45) is 0 Å². The van der Waals surface area contributed by atoms with Crippen molar-refractivity contribution in [3.8, 4) is 5.75 Å². The van der Waals surface area contributed by atoms with E-state index in [4.69, 9.17) is 37.4 Å². The summed E-state index contributed by atoms with van der Waals surface area (Å²) in [5, 5.41) is 0.758. The van der Waals surface area contributed by atoms with Crippen molar-refractivity contribution in [2.45, 2.75) is 58.7 Å². The van der Waals surface area contributed by atoms with Gasteiger partial charge in [0.2, 0.25) is 5.60 Å². The van der Waals surface area contributed by atoms with Gasteiger partial charge >= 0.3 is 12.1 Å². The fourth-order valence-electron chi connectivity index (χ4n) is 3.89. The van der Waals surface area contributed by atoms with E-state index in [9.17, 15) is 14.4 Å². The number of esters is 1. The number of benzene rings is 2. The number of hydrogen-bond acceptors (Lipinski definition) is 6.